The van der Waals surface area contributed by atoms with Crippen LogP contribution in [-0.4, -0.2) is 13.2 Å². The summed E-state index contributed by atoms with van der Waals surface area (Å²) in [5, 5.41) is -0.240. The lowest BCUT2D eigenvalue weighted by molar-refractivity contribution is 0.297. The maximum atomic E-state index is 6.51. The number of ether oxygens (including phenoxy) is 2. The van der Waals surface area contributed by atoms with Crippen LogP contribution in [0.1, 0.15) is 28.7 Å². The lowest BCUT2D eigenvalue weighted by Crippen LogP contribution is -1.97. The maximum Gasteiger partial charge on any atom is 0.161 e. The molecule has 2 aromatic rings. The van der Waals surface area contributed by atoms with Gasteiger partial charge in [0.1, 0.15) is 5.76 Å². The first-order valence-corrected chi connectivity index (χ1v) is 6.77. The van der Waals surface area contributed by atoms with Crippen molar-refractivity contribution in [3.8, 4) is 11.5 Å². The first kappa shape index (κ1) is 12.4. The molecule has 0 saturated heterocycles. The lowest BCUT2D eigenvalue weighted by Gasteiger charge is -2.13. The molecular formula is C15H15ClO3. The molecule has 1 aliphatic heterocycles. The molecule has 0 spiro atoms. The third-order valence-corrected chi connectivity index (χ3v) is 3.72. The van der Waals surface area contributed by atoms with Gasteiger partial charge in [0.05, 0.1) is 24.9 Å². The van der Waals surface area contributed by atoms with Gasteiger partial charge in [0.15, 0.2) is 11.5 Å². The highest BCUT2D eigenvalue weighted by molar-refractivity contribution is 6.22. The van der Waals surface area contributed by atoms with E-state index in [4.69, 9.17) is 25.5 Å². The van der Waals surface area contributed by atoms with Gasteiger partial charge >= 0.3 is 0 Å². The molecule has 0 amide bonds. The zero-order chi connectivity index (χ0) is 13.2. The molecule has 100 valence electrons. The van der Waals surface area contributed by atoms with Gasteiger partial charge in [0, 0.05) is 12.0 Å². The molecule has 0 bridgehead atoms. The van der Waals surface area contributed by atoms with E-state index in [1.807, 2.05) is 31.2 Å². The summed E-state index contributed by atoms with van der Waals surface area (Å²) in [7, 11) is 0. The minimum atomic E-state index is -0.240. The van der Waals surface area contributed by atoms with Gasteiger partial charge in [-0.2, -0.15) is 0 Å². The van der Waals surface area contributed by atoms with Gasteiger partial charge in [0.2, 0.25) is 0 Å². The fourth-order valence-electron chi connectivity index (χ4n) is 2.17. The first-order chi connectivity index (χ1) is 9.25. The molecule has 1 aromatic heterocycles. The molecule has 4 heteroatoms. The fourth-order valence-corrected chi connectivity index (χ4v) is 2.54. The van der Waals surface area contributed by atoms with Crippen molar-refractivity contribution < 1.29 is 13.9 Å². The van der Waals surface area contributed by atoms with Gasteiger partial charge in [-0.25, -0.2) is 0 Å². The number of benzene rings is 1. The molecule has 0 aliphatic carbocycles. The van der Waals surface area contributed by atoms with E-state index in [9.17, 15) is 0 Å². The standard InChI is InChI=1S/C15H15ClO3/c1-10-12(5-8-17-10)15(16)11-3-4-13-14(9-11)19-7-2-6-18-13/h3-5,8-9,15H,2,6-7H2,1H3. The molecule has 1 aliphatic rings. The number of hydrogen-bond acceptors (Lipinski definition) is 3. The van der Waals surface area contributed by atoms with Crippen molar-refractivity contribution in [2.75, 3.05) is 13.2 Å². The molecule has 0 saturated carbocycles. The van der Waals surface area contributed by atoms with Crippen molar-refractivity contribution in [1.29, 1.82) is 0 Å². The zero-order valence-electron chi connectivity index (χ0n) is 10.7. The molecular weight excluding hydrogens is 264 g/mol. The monoisotopic (exact) mass is 278 g/mol. The van der Waals surface area contributed by atoms with Crippen LogP contribution in [-0.2, 0) is 0 Å². The molecule has 0 fully saturated rings. The first-order valence-electron chi connectivity index (χ1n) is 6.33. The Kier molecular flexibility index (Phi) is 3.38. The van der Waals surface area contributed by atoms with Crippen LogP contribution in [0.25, 0.3) is 0 Å². The van der Waals surface area contributed by atoms with Crippen molar-refractivity contribution in [2.24, 2.45) is 0 Å². The Balaban J connectivity index is 1.93. The average Bonchev–Trinajstić information content (AvgIpc) is 2.72. The normalized spacial score (nSPS) is 15.9. The second kappa shape index (κ2) is 5.17. The summed E-state index contributed by atoms with van der Waals surface area (Å²) in [6.07, 6.45) is 2.55. The highest BCUT2D eigenvalue weighted by atomic mass is 35.5. The molecule has 0 radical (unpaired) electrons. The number of hydrogen-bond donors (Lipinski definition) is 0. The van der Waals surface area contributed by atoms with Gasteiger partial charge in [-0.1, -0.05) is 6.07 Å². The molecule has 1 unspecified atom stereocenters. The number of halogens is 1. The van der Waals surface area contributed by atoms with E-state index >= 15 is 0 Å². The second-order valence-corrected chi connectivity index (χ2v) is 4.99. The van der Waals surface area contributed by atoms with Gasteiger partial charge in [-0.3, -0.25) is 0 Å². The van der Waals surface area contributed by atoms with Crippen molar-refractivity contribution in [1.82, 2.24) is 0 Å². The largest absolute Gasteiger partial charge is 0.490 e. The molecule has 0 N–H and O–H groups in total. The molecule has 3 rings (SSSR count). The summed E-state index contributed by atoms with van der Waals surface area (Å²) in [6.45, 7) is 3.28. The summed E-state index contributed by atoms with van der Waals surface area (Å²) in [5.74, 6) is 2.39. The summed E-state index contributed by atoms with van der Waals surface area (Å²) in [4.78, 5) is 0. The quantitative estimate of drug-likeness (QED) is 0.776. The van der Waals surface area contributed by atoms with Crippen molar-refractivity contribution in [3.05, 3.63) is 47.4 Å². The number of aryl methyl sites for hydroxylation is 1. The highest BCUT2D eigenvalue weighted by Crippen LogP contribution is 2.37. The van der Waals surface area contributed by atoms with Gasteiger partial charge in [-0.15, -0.1) is 11.6 Å². The Hall–Kier alpha value is -1.61. The van der Waals surface area contributed by atoms with Crippen LogP contribution in [0.15, 0.2) is 34.9 Å². The Morgan fingerprint density at radius 1 is 1.11 bits per heavy atom. The zero-order valence-corrected chi connectivity index (χ0v) is 11.4. The average molecular weight is 279 g/mol. The van der Waals surface area contributed by atoms with Crippen LogP contribution in [0.4, 0.5) is 0 Å². The number of furan rings is 1. The molecule has 3 nitrogen and oxygen atoms in total. The topological polar surface area (TPSA) is 31.6 Å². The smallest absolute Gasteiger partial charge is 0.161 e. The third-order valence-electron chi connectivity index (χ3n) is 3.24. The molecule has 1 aromatic carbocycles. The van der Waals surface area contributed by atoms with Crippen LogP contribution in [0.2, 0.25) is 0 Å². The van der Waals surface area contributed by atoms with Crippen LogP contribution in [0.5, 0.6) is 11.5 Å². The highest BCUT2D eigenvalue weighted by Gasteiger charge is 2.18. The van der Waals surface area contributed by atoms with Gasteiger partial charge in [-0.05, 0) is 30.7 Å². The summed E-state index contributed by atoms with van der Waals surface area (Å²) in [6, 6.07) is 7.74. The predicted octanol–water partition coefficient (Wildman–Crippen LogP) is 4.08. The lowest BCUT2D eigenvalue weighted by atomic mass is 10.0. The van der Waals surface area contributed by atoms with E-state index in [2.05, 4.69) is 0 Å². The SMILES string of the molecule is Cc1occc1C(Cl)c1ccc2c(c1)OCCCO2. The van der Waals surface area contributed by atoms with E-state index in [0.29, 0.717) is 13.2 Å². The fraction of sp³-hybridized carbons (Fsp3) is 0.333. The molecule has 2 heterocycles. The Labute approximate surface area is 117 Å². The van der Waals surface area contributed by atoms with E-state index < -0.39 is 0 Å². The Bertz CT molecular complexity index is 577. The van der Waals surface area contributed by atoms with Crippen LogP contribution < -0.4 is 9.47 Å². The molecule has 19 heavy (non-hydrogen) atoms. The van der Waals surface area contributed by atoms with Crippen molar-refractivity contribution >= 4 is 11.6 Å². The third kappa shape index (κ3) is 2.43. The summed E-state index contributed by atoms with van der Waals surface area (Å²) >= 11 is 6.51. The Morgan fingerprint density at radius 3 is 2.63 bits per heavy atom. The summed E-state index contributed by atoms with van der Waals surface area (Å²) < 4.78 is 16.6. The number of alkyl halides is 1. The van der Waals surface area contributed by atoms with Crippen molar-refractivity contribution in [3.63, 3.8) is 0 Å². The number of rotatable bonds is 2. The summed E-state index contributed by atoms with van der Waals surface area (Å²) in [5.41, 5.74) is 1.96. The van der Waals surface area contributed by atoms with Crippen LogP contribution in [0.3, 0.4) is 0 Å². The second-order valence-electron chi connectivity index (χ2n) is 4.55. The van der Waals surface area contributed by atoms with E-state index in [-0.39, 0.29) is 5.38 Å². The minimum Gasteiger partial charge on any atom is -0.490 e. The van der Waals surface area contributed by atoms with Crippen LogP contribution >= 0.6 is 11.6 Å². The van der Waals surface area contributed by atoms with Crippen molar-refractivity contribution in [2.45, 2.75) is 18.7 Å². The van der Waals surface area contributed by atoms with Gasteiger partial charge in [0.25, 0.3) is 0 Å². The van der Waals surface area contributed by atoms with Crippen LogP contribution in [0, 0.1) is 6.92 Å². The molecule has 1 atom stereocenters. The minimum absolute atomic E-state index is 0.240. The predicted molar refractivity (Wildman–Crippen MR) is 73.2 cm³/mol. The van der Waals surface area contributed by atoms with Gasteiger partial charge < -0.3 is 13.9 Å². The van der Waals surface area contributed by atoms with E-state index in [1.54, 1.807) is 6.26 Å². The number of fused-ring (bicyclic) bond motifs is 1. The maximum absolute atomic E-state index is 6.51. The van der Waals surface area contributed by atoms with E-state index in [0.717, 1.165) is 34.8 Å². The Morgan fingerprint density at radius 2 is 1.89 bits per heavy atom. The van der Waals surface area contributed by atoms with E-state index in [1.165, 1.54) is 0 Å².